The van der Waals surface area contributed by atoms with Gasteiger partial charge in [-0.05, 0) is 35.0 Å². The Morgan fingerprint density at radius 3 is 2.88 bits per heavy atom. The van der Waals surface area contributed by atoms with Crippen LogP contribution in [-0.4, -0.2) is 43.7 Å². The molecule has 8 nitrogen and oxygen atoms in total. The summed E-state index contributed by atoms with van der Waals surface area (Å²) in [6, 6.07) is 5.42. The predicted molar refractivity (Wildman–Crippen MR) is 96.7 cm³/mol. The van der Waals surface area contributed by atoms with Crippen LogP contribution in [-0.2, 0) is 0 Å². The third-order valence-electron chi connectivity index (χ3n) is 3.29. The van der Waals surface area contributed by atoms with E-state index < -0.39 is 0 Å². The lowest BCUT2D eigenvalue weighted by Gasteiger charge is -2.08. The predicted octanol–water partition coefficient (Wildman–Crippen LogP) is 1.97. The number of nitrogens with zero attached hydrogens (tertiary/aromatic N) is 5. The van der Waals surface area contributed by atoms with E-state index in [2.05, 4.69) is 46.6 Å². The summed E-state index contributed by atoms with van der Waals surface area (Å²) in [4.78, 5) is 24.3. The minimum atomic E-state index is -0.175. The number of pyridine rings is 1. The summed E-state index contributed by atoms with van der Waals surface area (Å²) in [6.45, 7) is 2.90. The van der Waals surface area contributed by atoms with Crippen molar-refractivity contribution >= 4 is 27.7 Å². The third kappa shape index (κ3) is 4.60. The van der Waals surface area contributed by atoms with Crippen molar-refractivity contribution in [3.05, 3.63) is 58.8 Å². The van der Waals surface area contributed by atoms with Crippen LogP contribution < -0.4 is 10.6 Å². The van der Waals surface area contributed by atoms with E-state index in [1.54, 1.807) is 23.0 Å². The molecule has 1 amide bonds. The average Bonchev–Trinajstić information content (AvgIpc) is 3.05. The smallest absolute Gasteiger partial charge is 0.252 e. The molecule has 0 aromatic carbocycles. The number of hydrogen-bond acceptors (Lipinski definition) is 6. The highest BCUT2D eigenvalue weighted by molar-refractivity contribution is 9.10. The van der Waals surface area contributed by atoms with Crippen LogP contribution >= 0.6 is 15.9 Å². The van der Waals surface area contributed by atoms with Crippen LogP contribution in [0.25, 0.3) is 5.82 Å². The highest BCUT2D eigenvalue weighted by Crippen LogP contribution is 2.10. The van der Waals surface area contributed by atoms with Gasteiger partial charge in [-0.3, -0.25) is 9.78 Å². The van der Waals surface area contributed by atoms with E-state index in [9.17, 15) is 4.79 Å². The molecular formula is C16H16BrN7O. The summed E-state index contributed by atoms with van der Waals surface area (Å²) >= 11 is 3.29. The molecule has 0 aliphatic rings. The lowest BCUT2D eigenvalue weighted by atomic mass is 10.3. The molecule has 0 unspecified atom stereocenters. The Kier molecular flexibility index (Phi) is 5.34. The first-order valence-corrected chi connectivity index (χ1v) is 8.38. The van der Waals surface area contributed by atoms with Gasteiger partial charge >= 0.3 is 0 Å². The molecule has 0 atom stereocenters. The standard InChI is InChI=1S/C16H16BrN7O/c1-11-2-5-24(23-11)15-7-14(21-10-22-15)19-3-4-20-16(25)12-6-13(17)9-18-8-12/h2,5-10H,3-4H2,1H3,(H,20,25)(H,19,21,22). The Bertz CT molecular complexity index is 880. The van der Waals surface area contributed by atoms with E-state index in [-0.39, 0.29) is 5.91 Å². The van der Waals surface area contributed by atoms with Crippen molar-refractivity contribution < 1.29 is 4.79 Å². The SMILES string of the molecule is Cc1ccn(-c2cc(NCCNC(=O)c3cncc(Br)c3)ncn2)n1. The zero-order valence-corrected chi connectivity index (χ0v) is 15.1. The van der Waals surface area contributed by atoms with Gasteiger partial charge in [0.15, 0.2) is 5.82 Å². The van der Waals surface area contributed by atoms with Crippen molar-refractivity contribution in [3.63, 3.8) is 0 Å². The van der Waals surface area contributed by atoms with Gasteiger partial charge in [0.2, 0.25) is 0 Å². The molecule has 0 bridgehead atoms. The van der Waals surface area contributed by atoms with E-state index in [1.165, 1.54) is 12.5 Å². The van der Waals surface area contributed by atoms with Gasteiger partial charge in [-0.1, -0.05) is 0 Å². The molecule has 3 heterocycles. The lowest BCUT2D eigenvalue weighted by molar-refractivity contribution is 0.0954. The van der Waals surface area contributed by atoms with E-state index in [0.29, 0.717) is 30.3 Å². The van der Waals surface area contributed by atoms with Crippen LogP contribution in [0.2, 0.25) is 0 Å². The molecule has 9 heteroatoms. The minimum Gasteiger partial charge on any atom is -0.368 e. The second-order valence-electron chi connectivity index (χ2n) is 5.24. The van der Waals surface area contributed by atoms with Crippen LogP contribution in [0.4, 0.5) is 5.82 Å². The normalized spacial score (nSPS) is 10.5. The summed E-state index contributed by atoms with van der Waals surface area (Å²) in [5.74, 6) is 1.16. The minimum absolute atomic E-state index is 0.175. The molecule has 3 aromatic rings. The Hall–Kier alpha value is -2.81. The number of carbonyl (C=O) groups is 1. The van der Waals surface area contributed by atoms with Gasteiger partial charge in [0.05, 0.1) is 11.3 Å². The first-order chi connectivity index (χ1) is 12.1. The van der Waals surface area contributed by atoms with E-state index in [4.69, 9.17) is 0 Å². The number of halogens is 1. The number of rotatable bonds is 6. The summed E-state index contributed by atoms with van der Waals surface area (Å²) in [5, 5.41) is 10.3. The van der Waals surface area contributed by atoms with Crippen LogP contribution in [0.3, 0.4) is 0 Å². The number of carbonyl (C=O) groups excluding carboxylic acids is 1. The van der Waals surface area contributed by atoms with Crippen LogP contribution in [0, 0.1) is 6.92 Å². The lowest BCUT2D eigenvalue weighted by Crippen LogP contribution is -2.29. The van der Waals surface area contributed by atoms with Crippen LogP contribution in [0.5, 0.6) is 0 Å². The Morgan fingerprint density at radius 2 is 2.12 bits per heavy atom. The zero-order valence-electron chi connectivity index (χ0n) is 13.5. The first kappa shape index (κ1) is 17.0. The van der Waals surface area contributed by atoms with Crippen molar-refractivity contribution in [1.82, 2.24) is 30.0 Å². The molecule has 2 N–H and O–H groups in total. The van der Waals surface area contributed by atoms with E-state index in [0.717, 1.165) is 10.2 Å². The zero-order chi connectivity index (χ0) is 17.6. The van der Waals surface area contributed by atoms with Crippen molar-refractivity contribution in [2.24, 2.45) is 0 Å². The Morgan fingerprint density at radius 1 is 1.24 bits per heavy atom. The van der Waals surface area contributed by atoms with Crippen molar-refractivity contribution in [2.45, 2.75) is 6.92 Å². The van der Waals surface area contributed by atoms with Crippen LogP contribution in [0.1, 0.15) is 16.1 Å². The molecule has 0 saturated heterocycles. The van der Waals surface area contributed by atoms with Crippen molar-refractivity contribution in [2.75, 3.05) is 18.4 Å². The van der Waals surface area contributed by atoms with E-state index in [1.807, 2.05) is 19.2 Å². The van der Waals surface area contributed by atoms with Gasteiger partial charge in [0, 0.05) is 42.2 Å². The molecule has 0 fully saturated rings. The monoisotopic (exact) mass is 401 g/mol. The maximum atomic E-state index is 12.0. The van der Waals surface area contributed by atoms with Gasteiger partial charge < -0.3 is 10.6 Å². The molecule has 25 heavy (non-hydrogen) atoms. The fourth-order valence-electron chi connectivity index (χ4n) is 2.12. The molecule has 0 radical (unpaired) electrons. The van der Waals surface area contributed by atoms with Crippen molar-refractivity contribution in [3.8, 4) is 5.82 Å². The average molecular weight is 402 g/mol. The summed E-state index contributed by atoms with van der Waals surface area (Å²) < 4.78 is 2.45. The quantitative estimate of drug-likeness (QED) is 0.612. The molecule has 128 valence electrons. The number of amides is 1. The highest BCUT2D eigenvalue weighted by atomic mass is 79.9. The van der Waals surface area contributed by atoms with Gasteiger partial charge in [-0.2, -0.15) is 5.10 Å². The Balaban J connectivity index is 1.51. The maximum absolute atomic E-state index is 12.0. The second-order valence-corrected chi connectivity index (χ2v) is 6.15. The van der Waals surface area contributed by atoms with Gasteiger partial charge in [-0.15, -0.1) is 0 Å². The number of aromatic nitrogens is 5. The number of nitrogens with one attached hydrogen (secondary N) is 2. The summed E-state index contributed by atoms with van der Waals surface area (Å²) in [6.07, 6.45) is 6.47. The first-order valence-electron chi connectivity index (χ1n) is 7.59. The largest absolute Gasteiger partial charge is 0.368 e. The second kappa shape index (κ2) is 7.84. The number of anilines is 1. The molecule has 0 spiro atoms. The molecule has 0 saturated carbocycles. The van der Waals surface area contributed by atoms with Gasteiger partial charge in [0.1, 0.15) is 12.1 Å². The number of hydrogen-bond donors (Lipinski definition) is 2. The fourth-order valence-corrected chi connectivity index (χ4v) is 2.48. The number of aryl methyl sites for hydroxylation is 1. The molecule has 0 aliphatic carbocycles. The summed E-state index contributed by atoms with van der Waals surface area (Å²) in [5.41, 5.74) is 1.42. The molecule has 3 rings (SSSR count). The van der Waals surface area contributed by atoms with E-state index >= 15 is 0 Å². The third-order valence-corrected chi connectivity index (χ3v) is 3.73. The maximum Gasteiger partial charge on any atom is 0.252 e. The van der Waals surface area contributed by atoms with Crippen molar-refractivity contribution in [1.29, 1.82) is 0 Å². The molecular weight excluding hydrogens is 386 g/mol. The highest BCUT2D eigenvalue weighted by Gasteiger charge is 2.06. The molecule has 3 aromatic heterocycles. The molecule has 0 aliphatic heterocycles. The summed E-state index contributed by atoms with van der Waals surface area (Å²) in [7, 11) is 0. The van der Waals surface area contributed by atoms with Crippen LogP contribution in [0.15, 0.2) is 47.6 Å². The Labute approximate surface area is 152 Å². The fraction of sp³-hybridized carbons (Fsp3) is 0.188. The topological polar surface area (TPSA) is 97.6 Å². The van der Waals surface area contributed by atoms with Gasteiger partial charge in [0.25, 0.3) is 5.91 Å². The van der Waals surface area contributed by atoms with Gasteiger partial charge in [-0.25, -0.2) is 14.6 Å².